The van der Waals surface area contributed by atoms with E-state index in [1.165, 1.54) is 22.2 Å². The number of amides is 1. The normalized spacial score (nSPS) is 9.94. The van der Waals surface area contributed by atoms with Gasteiger partial charge in [0.15, 0.2) is 0 Å². The summed E-state index contributed by atoms with van der Waals surface area (Å²) in [6.07, 6.45) is 1.43. The number of thiophene rings is 1. The highest BCUT2D eigenvalue weighted by Crippen LogP contribution is 2.18. The van der Waals surface area contributed by atoms with Crippen LogP contribution in [0.2, 0.25) is 0 Å². The minimum atomic E-state index is -0.219. The van der Waals surface area contributed by atoms with E-state index >= 15 is 0 Å². The number of nitrogens with one attached hydrogen (secondary N) is 1. The smallest absolute Gasteiger partial charge is 0.257 e. The van der Waals surface area contributed by atoms with Crippen LogP contribution in [0.4, 0.5) is 5.82 Å². The molecule has 2 rings (SSSR count). The number of carbonyl (C=O) groups is 1. The van der Waals surface area contributed by atoms with Crippen LogP contribution < -0.4 is 5.32 Å². The lowest BCUT2D eigenvalue weighted by molar-refractivity contribution is 0.102. The molecule has 0 radical (unpaired) electrons. The van der Waals surface area contributed by atoms with Gasteiger partial charge < -0.3 is 5.32 Å². The van der Waals surface area contributed by atoms with Crippen LogP contribution in [0.5, 0.6) is 0 Å². The Bertz CT molecular complexity index is 605. The maximum absolute atomic E-state index is 12.0. The molecule has 0 atom stereocenters. The van der Waals surface area contributed by atoms with Crippen LogP contribution in [0.1, 0.15) is 21.5 Å². The lowest BCUT2D eigenvalue weighted by Gasteiger charge is -2.05. The average molecular weight is 246 g/mol. The molecule has 0 aliphatic carbocycles. The highest BCUT2D eigenvalue weighted by molar-refractivity contribution is 7.08. The Morgan fingerprint density at radius 1 is 1.59 bits per heavy atom. The van der Waals surface area contributed by atoms with Crippen molar-refractivity contribution in [3.63, 3.8) is 0 Å². The van der Waals surface area contributed by atoms with Crippen molar-refractivity contribution in [1.29, 1.82) is 5.26 Å². The summed E-state index contributed by atoms with van der Waals surface area (Å²) >= 11 is 1.47. The Morgan fingerprint density at radius 3 is 2.94 bits per heavy atom. The zero-order valence-electron chi connectivity index (χ0n) is 9.39. The molecule has 2 heterocycles. The van der Waals surface area contributed by atoms with E-state index in [9.17, 15) is 4.79 Å². The molecule has 17 heavy (non-hydrogen) atoms. The zero-order chi connectivity index (χ0) is 12.4. The minimum absolute atomic E-state index is 0.219. The lowest BCUT2D eigenvalue weighted by atomic mass is 10.2. The molecular formula is C11H10N4OS. The number of rotatable bonds is 2. The summed E-state index contributed by atoms with van der Waals surface area (Å²) in [5, 5.41) is 19.2. The number of anilines is 1. The molecule has 0 aromatic carbocycles. The molecule has 0 saturated carbocycles. The van der Waals surface area contributed by atoms with Gasteiger partial charge in [0.2, 0.25) is 0 Å². The van der Waals surface area contributed by atoms with Crippen molar-refractivity contribution < 1.29 is 4.79 Å². The van der Waals surface area contributed by atoms with Crippen LogP contribution >= 0.6 is 11.3 Å². The van der Waals surface area contributed by atoms with Crippen LogP contribution in [0.15, 0.2) is 17.0 Å². The fourth-order valence-corrected chi connectivity index (χ4v) is 2.26. The van der Waals surface area contributed by atoms with Crippen LogP contribution in [-0.2, 0) is 7.05 Å². The molecule has 0 unspecified atom stereocenters. The van der Waals surface area contributed by atoms with E-state index in [-0.39, 0.29) is 5.91 Å². The van der Waals surface area contributed by atoms with Crippen molar-refractivity contribution in [3.05, 3.63) is 33.6 Å². The van der Waals surface area contributed by atoms with E-state index in [1.54, 1.807) is 12.4 Å². The van der Waals surface area contributed by atoms with Crippen molar-refractivity contribution >= 4 is 23.1 Å². The van der Waals surface area contributed by atoms with Crippen molar-refractivity contribution in [2.24, 2.45) is 7.05 Å². The van der Waals surface area contributed by atoms with Gasteiger partial charge >= 0.3 is 0 Å². The van der Waals surface area contributed by atoms with E-state index < -0.39 is 0 Å². The summed E-state index contributed by atoms with van der Waals surface area (Å²) in [4.78, 5) is 12.0. The van der Waals surface area contributed by atoms with Gasteiger partial charge in [-0.1, -0.05) is 0 Å². The Balaban J connectivity index is 2.28. The molecule has 0 aliphatic rings. The summed E-state index contributed by atoms with van der Waals surface area (Å²) in [5.74, 6) is 0.201. The summed E-state index contributed by atoms with van der Waals surface area (Å²) in [6.45, 7) is 1.87. The third-order valence-corrected chi connectivity index (χ3v) is 3.25. The molecule has 0 fully saturated rings. The van der Waals surface area contributed by atoms with E-state index in [0.717, 1.165) is 5.56 Å². The monoisotopic (exact) mass is 246 g/mol. The van der Waals surface area contributed by atoms with Crippen LogP contribution in [-0.4, -0.2) is 15.7 Å². The number of nitriles is 1. The molecule has 0 aliphatic heterocycles. The summed E-state index contributed by atoms with van der Waals surface area (Å²) < 4.78 is 1.47. The maximum atomic E-state index is 12.0. The van der Waals surface area contributed by atoms with Gasteiger partial charge in [0, 0.05) is 12.4 Å². The maximum Gasteiger partial charge on any atom is 0.257 e. The summed E-state index contributed by atoms with van der Waals surface area (Å²) in [6, 6.07) is 1.99. The Hall–Kier alpha value is -2.13. The van der Waals surface area contributed by atoms with Crippen molar-refractivity contribution in [2.75, 3.05) is 5.32 Å². The van der Waals surface area contributed by atoms with Crippen LogP contribution in [0, 0.1) is 18.3 Å². The Labute approximate surface area is 102 Å². The number of carbonyl (C=O) groups excluding carboxylic acids is 1. The molecule has 1 N–H and O–H groups in total. The first-order chi connectivity index (χ1) is 8.13. The molecule has 5 nitrogen and oxygen atoms in total. The Kier molecular flexibility index (Phi) is 2.93. The van der Waals surface area contributed by atoms with Gasteiger partial charge in [-0.25, -0.2) is 0 Å². The molecule has 0 spiro atoms. The highest BCUT2D eigenvalue weighted by Gasteiger charge is 2.14. The Morgan fingerprint density at radius 2 is 2.35 bits per heavy atom. The SMILES string of the molecule is Cc1cscc1C(=O)Nc1c(C#N)cnn1C. The molecule has 2 aromatic heterocycles. The molecular weight excluding hydrogens is 236 g/mol. The molecule has 0 bridgehead atoms. The quantitative estimate of drug-likeness (QED) is 0.879. The molecule has 6 heteroatoms. The van der Waals surface area contributed by atoms with E-state index in [1.807, 2.05) is 18.4 Å². The van der Waals surface area contributed by atoms with Crippen molar-refractivity contribution in [2.45, 2.75) is 6.92 Å². The highest BCUT2D eigenvalue weighted by atomic mass is 32.1. The van der Waals surface area contributed by atoms with Gasteiger partial charge in [-0.3, -0.25) is 9.48 Å². The number of hydrogen-bond acceptors (Lipinski definition) is 4. The van der Waals surface area contributed by atoms with Gasteiger partial charge in [0.25, 0.3) is 5.91 Å². The standard InChI is InChI=1S/C11H10N4OS/c1-7-5-17-6-9(7)11(16)14-10-8(3-12)4-13-15(10)2/h4-6H,1-2H3,(H,14,16). The van der Waals surface area contributed by atoms with Crippen LogP contribution in [0.25, 0.3) is 0 Å². The predicted octanol–water partition coefficient (Wildman–Crippen LogP) is 1.91. The fourth-order valence-electron chi connectivity index (χ4n) is 1.44. The van der Waals surface area contributed by atoms with Gasteiger partial charge in [0.1, 0.15) is 17.5 Å². The minimum Gasteiger partial charge on any atom is -0.306 e. The van der Waals surface area contributed by atoms with Gasteiger partial charge in [-0.2, -0.15) is 21.7 Å². The fraction of sp³-hybridized carbons (Fsp3) is 0.182. The van der Waals surface area contributed by atoms with Gasteiger partial charge in [0.05, 0.1) is 11.8 Å². The molecule has 2 aromatic rings. The van der Waals surface area contributed by atoms with Crippen molar-refractivity contribution in [1.82, 2.24) is 9.78 Å². The first-order valence-corrected chi connectivity index (χ1v) is 5.84. The summed E-state index contributed by atoms with van der Waals surface area (Å²) in [7, 11) is 1.68. The van der Waals surface area contributed by atoms with E-state index in [4.69, 9.17) is 5.26 Å². The predicted molar refractivity (Wildman–Crippen MR) is 64.9 cm³/mol. The lowest BCUT2D eigenvalue weighted by Crippen LogP contribution is -2.15. The van der Waals surface area contributed by atoms with Gasteiger partial charge in [-0.05, 0) is 17.9 Å². The largest absolute Gasteiger partial charge is 0.306 e. The topological polar surface area (TPSA) is 70.7 Å². The average Bonchev–Trinajstić information content (AvgIpc) is 2.87. The second kappa shape index (κ2) is 4.39. The second-order valence-electron chi connectivity index (χ2n) is 3.56. The third-order valence-electron chi connectivity index (χ3n) is 2.39. The number of hydrogen-bond donors (Lipinski definition) is 1. The first kappa shape index (κ1) is 11.4. The zero-order valence-corrected chi connectivity index (χ0v) is 10.2. The van der Waals surface area contributed by atoms with Crippen molar-refractivity contribution in [3.8, 4) is 6.07 Å². The third kappa shape index (κ3) is 2.05. The number of nitrogens with zero attached hydrogens (tertiary/aromatic N) is 3. The summed E-state index contributed by atoms with van der Waals surface area (Å²) in [5.41, 5.74) is 1.90. The first-order valence-electron chi connectivity index (χ1n) is 4.89. The van der Waals surface area contributed by atoms with Crippen LogP contribution in [0.3, 0.4) is 0 Å². The number of aryl methyl sites for hydroxylation is 2. The number of aromatic nitrogens is 2. The second-order valence-corrected chi connectivity index (χ2v) is 4.31. The van der Waals surface area contributed by atoms with E-state index in [2.05, 4.69) is 10.4 Å². The molecule has 86 valence electrons. The molecule has 0 saturated heterocycles. The molecule has 1 amide bonds. The van der Waals surface area contributed by atoms with E-state index in [0.29, 0.717) is 16.9 Å². The van der Waals surface area contributed by atoms with Gasteiger partial charge in [-0.15, -0.1) is 0 Å².